The SMILES string of the molecule is CC1CCCC(NC(=O)CCNS(=O)(=O)c2ccc3ccccc3c2)C1. The molecule has 0 bridgehead atoms. The summed E-state index contributed by atoms with van der Waals surface area (Å²) in [5.41, 5.74) is 0. The molecule has 0 radical (unpaired) electrons. The molecule has 2 aromatic rings. The molecule has 1 aliphatic rings. The number of fused-ring (bicyclic) bond motifs is 1. The second-order valence-corrected chi connectivity index (χ2v) is 8.96. The van der Waals surface area contributed by atoms with Crippen LogP contribution in [0.3, 0.4) is 0 Å². The first-order chi connectivity index (χ1) is 12.4. The van der Waals surface area contributed by atoms with Gasteiger partial charge in [-0.2, -0.15) is 0 Å². The van der Waals surface area contributed by atoms with Crippen LogP contribution in [0.1, 0.15) is 39.0 Å². The molecular formula is C20H26N2O3S. The molecule has 2 N–H and O–H groups in total. The van der Waals surface area contributed by atoms with E-state index in [2.05, 4.69) is 17.0 Å². The average molecular weight is 375 g/mol. The topological polar surface area (TPSA) is 75.3 Å². The standard InChI is InChI=1S/C20H26N2O3S/c1-15-5-4-8-18(13-15)22-20(23)11-12-21-26(24,25)19-10-9-16-6-2-3-7-17(16)14-19/h2-3,6-7,9-10,14-15,18,21H,4-5,8,11-13H2,1H3,(H,22,23). The predicted octanol–water partition coefficient (Wildman–Crippen LogP) is 3.20. The zero-order valence-corrected chi connectivity index (χ0v) is 15.9. The Balaban J connectivity index is 1.53. The van der Waals surface area contributed by atoms with Crippen LogP contribution in [0.4, 0.5) is 0 Å². The van der Waals surface area contributed by atoms with Gasteiger partial charge in [-0.25, -0.2) is 13.1 Å². The van der Waals surface area contributed by atoms with Crippen molar-refractivity contribution < 1.29 is 13.2 Å². The fourth-order valence-corrected chi connectivity index (χ4v) is 4.65. The molecule has 2 unspecified atom stereocenters. The van der Waals surface area contributed by atoms with Gasteiger partial charge in [-0.15, -0.1) is 0 Å². The van der Waals surface area contributed by atoms with Crippen molar-refractivity contribution in [1.82, 2.24) is 10.0 Å². The Morgan fingerprint density at radius 2 is 1.88 bits per heavy atom. The van der Waals surface area contributed by atoms with Gasteiger partial charge in [-0.1, -0.05) is 50.1 Å². The van der Waals surface area contributed by atoms with Crippen molar-refractivity contribution in [3.63, 3.8) is 0 Å². The molecule has 0 spiro atoms. The van der Waals surface area contributed by atoms with Crippen molar-refractivity contribution in [2.75, 3.05) is 6.54 Å². The summed E-state index contributed by atoms with van der Waals surface area (Å²) in [7, 11) is -3.62. The van der Waals surface area contributed by atoms with Gasteiger partial charge in [-0.05, 0) is 41.7 Å². The smallest absolute Gasteiger partial charge is 0.240 e. The maximum absolute atomic E-state index is 12.4. The number of carbonyl (C=O) groups is 1. The molecule has 3 rings (SSSR count). The summed E-state index contributed by atoms with van der Waals surface area (Å²) >= 11 is 0. The minimum atomic E-state index is -3.62. The zero-order chi connectivity index (χ0) is 18.6. The fourth-order valence-electron chi connectivity index (χ4n) is 3.58. The van der Waals surface area contributed by atoms with Gasteiger partial charge in [0.2, 0.25) is 15.9 Å². The van der Waals surface area contributed by atoms with Crippen molar-refractivity contribution in [2.24, 2.45) is 5.92 Å². The Hall–Kier alpha value is -1.92. The maximum atomic E-state index is 12.4. The Bertz CT molecular complexity index is 880. The van der Waals surface area contributed by atoms with Crippen molar-refractivity contribution in [3.05, 3.63) is 42.5 Å². The minimum Gasteiger partial charge on any atom is -0.353 e. The van der Waals surface area contributed by atoms with E-state index in [1.54, 1.807) is 18.2 Å². The number of nitrogens with one attached hydrogen (secondary N) is 2. The van der Waals surface area contributed by atoms with Gasteiger partial charge in [0.05, 0.1) is 4.90 Å². The molecule has 1 saturated carbocycles. The first-order valence-electron chi connectivity index (χ1n) is 9.22. The van der Waals surface area contributed by atoms with Gasteiger partial charge in [-0.3, -0.25) is 4.79 Å². The molecule has 0 aliphatic heterocycles. The van der Waals surface area contributed by atoms with E-state index in [0.29, 0.717) is 5.92 Å². The molecule has 2 aromatic carbocycles. The van der Waals surface area contributed by atoms with Gasteiger partial charge in [0.1, 0.15) is 0 Å². The Kier molecular flexibility index (Phi) is 5.94. The summed E-state index contributed by atoms with van der Waals surface area (Å²) in [6.07, 6.45) is 4.53. The van der Waals surface area contributed by atoms with Crippen LogP contribution in [0.25, 0.3) is 10.8 Å². The Labute approximate surface area is 155 Å². The van der Waals surface area contributed by atoms with Crippen LogP contribution in [-0.4, -0.2) is 26.9 Å². The van der Waals surface area contributed by atoms with E-state index < -0.39 is 10.0 Å². The second-order valence-electron chi connectivity index (χ2n) is 7.19. The van der Waals surface area contributed by atoms with Crippen LogP contribution in [0.15, 0.2) is 47.4 Å². The molecule has 2 atom stereocenters. The minimum absolute atomic E-state index is 0.0923. The number of benzene rings is 2. The Morgan fingerprint density at radius 1 is 1.12 bits per heavy atom. The molecule has 26 heavy (non-hydrogen) atoms. The number of hydrogen-bond acceptors (Lipinski definition) is 3. The highest BCUT2D eigenvalue weighted by molar-refractivity contribution is 7.89. The third kappa shape index (κ3) is 4.83. The third-order valence-corrected chi connectivity index (χ3v) is 6.44. The number of hydrogen-bond donors (Lipinski definition) is 2. The lowest BCUT2D eigenvalue weighted by Gasteiger charge is -2.27. The highest BCUT2D eigenvalue weighted by Crippen LogP contribution is 2.23. The number of amides is 1. The van der Waals surface area contributed by atoms with Crippen LogP contribution in [-0.2, 0) is 14.8 Å². The van der Waals surface area contributed by atoms with E-state index in [-0.39, 0.29) is 29.8 Å². The fraction of sp³-hybridized carbons (Fsp3) is 0.450. The van der Waals surface area contributed by atoms with Gasteiger partial charge in [0, 0.05) is 19.0 Å². The van der Waals surface area contributed by atoms with Crippen LogP contribution < -0.4 is 10.0 Å². The van der Waals surface area contributed by atoms with E-state index >= 15 is 0 Å². The Morgan fingerprint density at radius 3 is 2.65 bits per heavy atom. The molecule has 5 nitrogen and oxygen atoms in total. The lowest BCUT2D eigenvalue weighted by Crippen LogP contribution is -2.39. The van der Waals surface area contributed by atoms with Crippen LogP contribution in [0.2, 0.25) is 0 Å². The molecule has 140 valence electrons. The molecule has 6 heteroatoms. The quantitative estimate of drug-likeness (QED) is 0.815. The predicted molar refractivity (Wildman–Crippen MR) is 103 cm³/mol. The summed E-state index contributed by atoms with van der Waals surface area (Å²) < 4.78 is 27.4. The average Bonchev–Trinajstić information content (AvgIpc) is 2.61. The molecule has 1 aliphatic carbocycles. The molecule has 1 fully saturated rings. The highest BCUT2D eigenvalue weighted by atomic mass is 32.2. The van der Waals surface area contributed by atoms with E-state index in [0.717, 1.165) is 30.0 Å². The van der Waals surface area contributed by atoms with Crippen molar-refractivity contribution >= 4 is 26.7 Å². The monoisotopic (exact) mass is 374 g/mol. The second kappa shape index (κ2) is 8.18. The zero-order valence-electron chi connectivity index (χ0n) is 15.1. The van der Waals surface area contributed by atoms with Gasteiger partial charge in [0.15, 0.2) is 0 Å². The molecule has 0 heterocycles. The molecule has 0 saturated heterocycles. The molecular weight excluding hydrogens is 348 g/mol. The van der Waals surface area contributed by atoms with E-state index in [9.17, 15) is 13.2 Å². The van der Waals surface area contributed by atoms with E-state index in [4.69, 9.17) is 0 Å². The van der Waals surface area contributed by atoms with Crippen molar-refractivity contribution in [3.8, 4) is 0 Å². The summed E-state index contributed by atoms with van der Waals surface area (Å²) in [5.74, 6) is 0.547. The van der Waals surface area contributed by atoms with Gasteiger partial charge in [0.25, 0.3) is 0 Å². The van der Waals surface area contributed by atoms with Crippen LogP contribution in [0, 0.1) is 5.92 Å². The lowest BCUT2D eigenvalue weighted by atomic mass is 9.87. The van der Waals surface area contributed by atoms with Crippen LogP contribution >= 0.6 is 0 Å². The largest absolute Gasteiger partial charge is 0.353 e. The summed E-state index contributed by atoms with van der Waals surface area (Å²) in [6, 6.07) is 12.9. The normalized spacial score (nSPS) is 20.8. The number of rotatable bonds is 6. The van der Waals surface area contributed by atoms with Gasteiger partial charge < -0.3 is 5.32 Å². The molecule has 1 amide bonds. The summed E-state index contributed by atoms with van der Waals surface area (Å²) in [4.78, 5) is 12.3. The molecule has 0 aromatic heterocycles. The number of sulfonamides is 1. The first kappa shape index (κ1) is 18.9. The van der Waals surface area contributed by atoms with Gasteiger partial charge >= 0.3 is 0 Å². The number of carbonyl (C=O) groups excluding carboxylic acids is 1. The lowest BCUT2D eigenvalue weighted by molar-refractivity contribution is -0.121. The van der Waals surface area contributed by atoms with E-state index in [1.165, 1.54) is 6.42 Å². The highest BCUT2D eigenvalue weighted by Gasteiger charge is 2.20. The summed E-state index contributed by atoms with van der Waals surface area (Å²) in [6.45, 7) is 2.30. The maximum Gasteiger partial charge on any atom is 0.240 e. The first-order valence-corrected chi connectivity index (χ1v) is 10.7. The third-order valence-electron chi connectivity index (χ3n) is 4.98. The summed E-state index contributed by atoms with van der Waals surface area (Å²) in [5, 5.41) is 4.89. The van der Waals surface area contributed by atoms with Crippen LogP contribution in [0.5, 0.6) is 0 Å². The van der Waals surface area contributed by atoms with Crippen molar-refractivity contribution in [1.29, 1.82) is 0 Å². The van der Waals surface area contributed by atoms with E-state index in [1.807, 2.05) is 24.3 Å². The van der Waals surface area contributed by atoms with Crippen molar-refractivity contribution in [2.45, 2.75) is 50.0 Å².